The van der Waals surface area contributed by atoms with Crippen molar-refractivity contribution in [3.63, 3.8) is 0 Å². The monoisotopic (exact) mass is 277 g/mol. The highest BCUT2D eigenvalue weighted by Crippen LogP contribution is 2.23. The predicted molar refractivity (Wildman–Crippen MR) is 83.9 cm³/mol. The summed E-state index contributed by atoms with van der Waals surface area (Å²) in [6, 6.07) is 1.99. The van der Waals surface area contributed by atoms with E-state index in [4.69, 9.17) is 0 Å². The molecule has 1 saturated heterocycles. The van der Waals surface area contributed by atoms with Crippen molar-refractivity contribution in [1.82, 2.24) is 15.0 Å². The minimum atomic E-state index is -0.0518. The van der Waals surface area contributed by atoms with Crippen LogP contribution in [0.1, 0.15) is 52.8 Å². The zero-order valence-corrected chi connectivity index (χ0v) is 13.2. The Labute approximate surface area is 122 Å². The molecule has 20 heavy (non-hydrogen) atoms. The van der Waals surface area contributed by atoms with Crippen LogP contribution >= 0.6 is 0 Å². The Hall–Kier alpha value is -1.36. The molecule has 0 spiro atoms. The van der Waals surface area contributed by atoms with Crippen LogP contribution in [-0.2, 0) is 5.41 Å². The van der Waals surface area contributed by atoms with Gasteiger partial charge in [-0.25, -0.2) is 15.0 Å². The molecule has 2 heterocycles. The highest BCUT2D eigenvalue weighted by atomic mass is 15.5. The summed E-state index contributed by atoms with van der Waals surface area (Å²) in [5.74, 6) is 2.66. The van der Waals surface area contributed by atoms with Gasteiger partial charge in [-0.15, -0.1) is 0 Å². The van der Waals surface area contributed by atoms with Crippen LogP contribution in [0.3, 0.4) is 0 Å². The van der Waals surface area contributed by atoms with Crippen LogP contribution in [0.2, 0.25) is 0 Å². The summed E-state index contributed by atoms with van der Waals surface area (Å²) >= 11 is 0. The maximum absolute atomic E-state index is 4.68. The highest BCUT2D eigenvalue weighted by molar-refractivity contribution is 5.47. The average Bonchev–Trinajstić information content (AvgIpc) is 2.39. The molecule has 0 radical (unpaired) electrons. The first kappa shape index (κ1) is 15.0. The maximum Gasteiger partial charge on any atom is 0.146 e. The van der Waals surface area contributed by atoms with E-state index in [9.17, 15) is 0 Å². The second-order valence-corrected chi connectivity index (χ2v) is 6.40. The quantitative estimate of drug-likeness (QED) is 0.886. The molecule has 5 nitrogen and oxygen atoms in total. The Bertz CT molecular complexity index is 432. The number of aromatic nitrogens is 2. The van der Waals surface area contributed by atoms with E-state index in [-0.39, 0.29) is 5.41 Å². The number of hydrogen-bond donors (Lipinski definition) is 2. The van der Waals surface area contributed by atoms with E-state index in [2.05, 4.69) is 53.4 Å². The summed E-state index contributed by atoms with van der Waals surface area (Å²) in [6.07, 6.45) is 3.84. The van der Waals surface area contributed by atoms with Crippen molar-refractivity contribution in [2.24, 2.45) is 0 Å². The first-order valence-electron chi connectivity index (χ1n) is 7.64. The van der Waals surface area contributed by atoms with Gasteiger partial charge >= 0.3 is 0 Å². The Morgan fingerprint density at radius 1 is 1.10 bits per heavy atom. The molecule has 0 unspecified atom stereocenters. The second kappa shape index (κ2) is 6.39. The van der Waals surface area contributed by atoms with E-state index in [1.54, 1.807) is 0 Å². The van der Waals surface area contributed by atoms with Crippen molar-refractivity contribution in [2.45, 2.75) is 52.4 Å². The fourth-order valence-corrected chi connectivity index (χ4v) is 2.28. The van der Waals surface area contributed by atoms with Gasteiger partial charge in [0.1, 0.15) is 17.5 Å². The number of hydrogen-bond acceptors (Lipinski definition) is 5. The van der Waals surface area contributed by atoms with Gasteiger partial charge in [-0.05, 0) is 19.8 Å². The van der Waals surface area contributed by atoms with Crippen molar-refractivity contribution in [1.29, 1.82) is 0 Å². The summed E-state index contributed by atoms with van der Waals surface area (Å²) in [6.45, 7) is 11.5. The van der Waals surface area contributed by atoms with Gasteiger partial charge in [-0.1, -0.05) is 27.2 Å². The van der Waals surface area contributed by atoms with Crippen LogP contribution < -0.4 is 10.7 Å². The fraction of sp³-hybridized carbons (Fsp3) is 0.733. The Morgan fingerprint density at radius 2 is 1.75 bits per heavy atom. The number of piperidine rings is 1. The van der Waals surface area contributed by atoms with Crippen LogP contribution in [-0.4, -0.2) is 34.6 Å². The smallest absolute Gasteiger partial charge is 0.146 e. The first-order valence-corrected chi connectivity index (χ1v) is 7.64. The van der Waals surface area contributed by atoms with E-state index in [1.807, 2.05) is 6.07 Å². The molecule has 0 bridgehead atoms. The number of hydrazine groups is 1. The van der Waals surface area contributed by atoms with Crippen molar-refractivity contribution in [3.05, 3.63) is 11.9 Å². The molecule has 1 aromatic heterocycles. The summed E-state index contributed by atoms with van der Waals surface area (Å²) in [5.41, 5.74) is 3.38. The number of nitrogens with one attached hydrogen (secondary N) is 2. The lowest BCUT2D eigenvalue weighted by Gasteiger charge is -2.28. The minimum Gasteiger partial charge on any atom is -0.370 e. The molecule has 1 aromatic rings. The standard InChI is InChI=1S/C15H27N5/c1-5-16-12-11-13(18-14(17-12)15(2,3)4)19-20-9-7-6-8-10-20/h11H,5-10H2,1-4H3,(H2,16,17,18,19). The number of rotatable bonds is 4. The molecular formula is C15H27N5. The molecule has 2 N–H and O–H groups in total. The van der Waals surface area contributed by atoms with E-state index >= 15 is 0 Å². The molecule has 2 rings (SSSR count). The van der Waals surface area contributed by atoms with Crippen molar-refractivity contribution in [2.75, 3.05) is 30.4 Å². The molecule has 1 aliphatic rings. The van der Waals surface area contributed by atoms with Crippen molar-refractivity contribution >= 4 is 11.6 Å². The van der Waals surface area contributed by atoms with Crippen LogP contribution in [0, 0.1) is 0 Å². The van der Waals surface area contributed by atoms with Crippen LogP contribution in [0.25, 0.3) is 0 Å². The largest absolute Gasteiger partial charge is 0.370 e. The van der Waals surface area contributed by atoms with Gasteiger partial charge < -0.3 is 10.7 Å². The molecule has 0 aromatic carbocycles. The zero-order chi connectivity index (χ0) is 14.6. The van der Waals surface area contributed by atoms with Crippen LogP contribution in [0.15, 0.2) is 6.07 Å². The Kier molecular flexibility index (Phi) is 4.81. The van der Waals surface area contributed by atoms with Gasteiger partial charge in [0.15, 0.2) is 0 Å². The maximum atomic E-state index is 4.68. The molecule has 1 fully saturated rings. The lowest BCUT2D eigenvalue weighted by atomic mass is 9.96. The molecule has 0 atom stereocenters. The van der Waals surface area contributed by atoms with Gasteiger partial charge in [-0.2, -0.15) is 0 Å². The van der Waals surface area contributed by atoms with Gasteiger partial charge in [0.25, 0.3) is 0 Å². The SMILES string of the molecule is CCNc1cc(NN2CCCCC2)nc(C(C)(C)C)n1. The van der Waals surface area contributed by atoms with E-state index < -0.39 is 0 Å². The zero-order valence-electron chi connectivity index (χ0n) is 13.2. The summed E-state index contributed by atoms with van der Waals surface area (Å²) in [7, 11) is 0. The third-order valence-corrected chi connectivity index (χ3v) is 3.38. The molecule has 0 aliphatic carbocycles. The van der Waals surface area contributed by atoms with Crippen molar-refractivity contribution < 1.29 is 0 Å². The van der Waals surface area contributed by atoms with E-state index in [0.717, 1.165) is 37.1 Å². The van der Waals surface area contributed by atoms with E-state index in [1.165, 1.54) is 19.3 Å². The van der Waals surface area contributed by atoms with Gasteiger partial charge in [0.2, 0.25) is 0 Å². The normalized spacial score (nSPS) is 17.0. The van der Waals surface area contributed by atoms with E-state index in [0.29, 0.717) is 0 Å². The third-order valence-electron chi connectivity index (χ3n) is 3.38. The lowest BCUT2D eigenvalue weighted by Crippen LogP contribution is -2.35. The Morgan fingerprint density at radius 3 is 2.35 bits per heavy atom. The molecule has 0 amide bonds. The van der Waals surface area contributed by atoms with Gasteiger partial charge in [-0.3, -0.25) is 0 Å². The topological polar surface area (TPSA) is 53.1 Å². The molecule has 5 heteroatoms. The van der Waals surface area contributed by atoms with Crippen LogP contribution in [0.4, 0.5) is 11.6 Å². The molecule has 0 saturated carbocycles. The summed E-state index contributed by atoms with van der Waals surface area (Å²) in [4.78, 5) is 9.28. The summed E-state index contributed by atoms with van der Waals surface area (Å²) in [5, 5.41) is 5.55. The third kappa shape index (κ3) is 4.07. The number of anilines is 2. The summed E-state index contributed by atoms with van der Waals surface area (Å²) < 4.78 is 0. The lowest BCUT2D eigenvalue weighted by molar-refractivity contribution is 0.272. The predicted octanol–water partition coefficient (Wildman–Crippen LogP) is 3.02. The highest BCUT2D eigenvalue weighted by Gasteiger charge is 2.20. The molecular weight excluding hydrogens is 250 g/mol. The minimum absolute atomic E-state index is 0.0518. The second-order valence-electron chi connectivity index (χ2n) is 6.40. The molecule has 112 valence electrons. The Balaban J connectivity index is 2.19. The fourth-order valence-electron chi connectivity index (χ4n) is 2.28. The van der Waals surface area contributed by atoms with Gasteiger partial charge in [0, 0.05) is 31.1 Å². The van der Waals surface area contributed by atoms with Crippen LogP contribution in [0.5, 0.6) is 0 Å². The van der Waals surface area contributed by atoms with Crippen molar-refractivity contribution in [3.8, 4) is 0 Å². The average molecular weight is 277 g/mol. The first-order chi connectivity index (χ1) is 9.49. The van der Waals surface area contributed by atoms with Gasteiger partial charge in [0.05, 0.1) is 0 Å². The number of nitrogens with zero attached hydrogens (tertiary/aromatic N) is 3. The molecule has 1 aliphatic heterocycles.